The number of nitrogens with zero attached hydrogens (tertiary/aromatic N) is 2. The van der Waals surface area contributed by atoms with Crippen LogP contribution < -0.4 is 10.3 Å². The molecule has 0 radical (unpaired) electrons. The van der Waals surface area contributed by atoms with E-state index in [4.69, 9.17) is 9.47 Å². The number of aryl methyl sites for hydroxylation is 1. The third-order valence-electron chi connectivity index (χ3n) is 4.42. The van der Waals surface area contributed by atoms with Crippen molar-refractivity contribution in [2.24, 2.45) is 0 Å². The first-order chi connectivity index (χ1) is 12.7. The van der Waals surface area contributed by atoms with E-state index in [9.17, 15) is 10.1 Å². The van der Waals surface area contributed by atoms with Crippen LogP contribution in [0.3, 0.4) is 0 Å². The maximum Gasteiger partial charge on any atom is 0.266 e. The summed E-state index contributed by atoms with van der Waals surface area (Å²) in [7, 11) is 0. The summed E-state index contributed by atoms with van der Waals surface area (Å²) >= 11 is 0. The fourth-order valence-corrected chi connectivity index (χ4v) is 3.08. The summed E-state index contributed by atoms with van der Waals surface area (Å²) < 4.78 is 11.2. The van der Waals surface area contributed by atoms with Gasteiger partial charge in [0, 0.05) is 30.9 Å². The van der Waals surface area contributed by atoms with Crippen molar-refractivity contribution in [2.45, 2.75) is 13.3 Å². The molecule has 0 bridgehead atoms. The van der Waals surface area contributed by atoms with Gasteiger partial charge in [-0.1, -0.05) is 12.1 Å². The largest absolute Gasteiger partial charge is 0.494 e. The highest BCUT2D eigenvalue weighted by molar-refractivity contribution is 5.71. The number of ether oxygens (including phenoxy) is 2. The number of hydrogen-bond acceptors (Lipinski definition) is 5. The molecule has 1 fully saturated rings. The minimum absolute atomic E-state index is 0.125. The number of morpholine rings is 1. The first-order valence-electron chi connectivity index (χ1n) is 8.85. The second-order valence-electron chi connectivity index (χ2n) is 6.37. The molecule has 0 saturated carbocycles. The van der Waals surface area contributed by atoms with Gasteiger partial charge in [-0.25, -0.2) is 0 Å². The second kappa shape index (κ2) is 8.65. The first-order valence-corrected chi connectivity index (χ1v) is 8.85. The summed E-state index contributed by atoms with van der Waals surface area (Å²) in [6, 6.07) is 11.4. The predicted molar refractivity (Wildman–Crippen MR) is 99.3 cm³/mol. The topological polar surface area (TPSA) is 78.3 Å². The molecule has 3 rings (SSSR count). The Labute approximate surface area is 153 Å². The van der Waals surface area contributed by atoms with E-state index in [1.807, 2.05) is 36.4 Å². The number of aromatic nitrogens is 1. The van der Waals surface area contributed by atoms with Crippen molar-refractivity contribution in [3.8, 4) is 22.9 Å². The lowest BCUT2D eigenvalue weighted by Crippen LogP contribution is -2.37. The summed E-state index contributed by atoms with van der Waals surface area (Å²) in [5.41, 5.74) is 1.93. The standard InChI is InChI=1S/C20H23N3O3/c1-15-12-18(19(14-21)20(24)22-15)16-4-2-5-17(13-16)26-9-3-6-23-7-10-25-11-8-23/h2,4-5,12-13H,3,6-11H2,1H3,(H,22,24). The van der Waals surface area contributed by atoms with Crippen molar-refractivity contribution >= 4 is 0 Å². The molecule has 2 aromatic rings. The summed E-state index contributed by atoms with van der Waals surface area (Å²) in [6.45, 7) is 7.00. The molecule has 1 saturated heterocycles. The van der Waals surface area contributed by atoms with E-state index in [0.717, 1.165) is 56.3 Å². The zero-order chi connectivity index (χ0) is 18.4. The van der Waals surface area contributed by atoms with Gasteiger partial charge in [-0.3, -0.25) is 9.69 Å². The van der Waals surface area contributed by atoms with Crippen molar-refractivity contribution in [1.82, 2.24) is 9.88 Å². The molecule has 1 aromatic carbocycles. The molecule has 26 heavy (non-hydrogen) atoms. The minimum atomic E-state index is -0.362. The highest BCUT2D eigenvalue weighted by Gasteiger charge is 2.12. The predicted octanol–water partition coefficient (Wildman–Crippen LogP) is 2.32. The molecule has 0 unspecified atom stereocenters. The molecule has 6 nitrogen and oxygen atoms in total. The molecule has 1 N–H and O–H groups in total. The zero-order valence-corrected chi connectivity index (χ0v) is 15.0. The number of rotatable bonds is 6. The summed E-state index contributed by atoms with van der Waals surface area (Å²) in [4.78, 5) is 17.0. The SMILES string of the molecule is Cc1cc(-c2cccc(OCCCN3CCOCC3)c2)c(C#N)c(=O)[nH]1. The smallest absolute Gasteiger partial charge is 0.266 e. The summed E-state index contributed by atoms with van der Waals surface area (Å²) in [5.74, 6) is 0.742. The van der Waals surface area contributed by atoms with Crippen molar-refractivity contribution in [3.63, 3.8) is 0 Å². The van der Waals surface area contributed by atoms with E-state index >= 15 is 0 Å². The Kier molecular flexibility index (Phi) is 6.05. The molecule has 0 aliphatic carbocycles. The van der Waals surface area contributed by atoms with Gasteiger partial charge >= 0.3 is 0 Å². The van der Waals surface area contributed by atoms with E-state index in [0.29, 0.717) is 12.2 Å². The second-order valence-corrected chi connectivity index (χ2v) is 6.37. The van der Waals surface area contributed by atoms with Gasteiger partial charge in [0.25, 0.3) is 5.56 Å². The fraction of sp³-hybridized carbons (Fsp3) is 0.400. The van der Waals surface area contributed by atoms with Crippen LogP contribution in [-0.4, -0.2) is 49.3 Å². The van der Waals surface area contributed by atoms with Gasteiger partial charge in [0.1, 0.15) is 17.4 Å². The molecule has 1 aliphatic rings. The number of aromatic amines is 1. The molecule has 136 valence electrons. The van der Waals surface area contributed by atoms with Gasteiger partial charge in [-0.2, -0.15) is 5.26 Å². The Morgan fingerprint density at radius 2 is 2.12 bits per heavy atom. The normalized spacial score (nSPS) is 14.8. The molecule has 1 aliphatic heterocycles. The van der Waals surface area contributed by atoms with E-state index in [1.165, 1.54) is 0 Å². The Morgan fingerprint density at radius 3 is 2.88 bits per heavy atom. The minimum Gasteiger partial charge on any atom is -0.494 e. The van der Waals surface area contributed by atoms with Crippen molar-refractivity contribution in [1.29, 1.82) is 5.26 Å². The lowest BCUT2D eigenvalue weighted by atomic mass is 10.0. The lowest BCUT2D eigenvalue weighted by Gasteiger charge is -2.26. The summed E-state index contributed by atoms with van der Waals surface area (Å²) in [5, 5.41) is 9.30. The quantitative estimate of drug-likeness (QED) is 0.807. The number of H-pyrrole nitrogens is 1. The van der Waals surface area contributed by atoms with Crippen LogP contribution in [0.15, 0.2) is 35.1 Å². The summed E-state index contributed by atoms with van der Waals surface area (Å²) in [6.07, 6.45) is 0.942. The maximum atomic E-state index is 12.0. The van der Waals surface area contributed by atoms with E-state index in [1.54, 1.807) is 6.92 Å². The van der Waals surface area contributed by atoms with Crippen molar-refractivity contribution in [3.05, 3.63) is 51.9 Å². The Bertz CT molecular complexity index is 848. The van der Waals surface area contributed by atoms with Crippen molar-refractivity contribution in [2.75, 3.05) is 39.5 Å². The van der Waals surface area contributed by atoms with Crippen LogP contribution in [0.4, 0.5) is 0 Å². The van der Waals surface area contributed by atoms with Crippen LogP contribution in [0.25, 0.3) is 11.1 Å². The van der Waals surface area contributed by atoms with Gasteiger partial charge in [-0.15, -0.1) is 0 Å². The molecule has 0 amide bonds. The number of benzene rings is 1. The highest BCUT2D eigenvalue weighted by Crippen LogP contribution is 2.25. The maximum absolute atomic E-state index is 12.0. The molecular formula is C20H23N3O3. The monoisotopic (exact) mass is 353 g/mol. The Hall–Kier alpha value is -2.62. The molecule has 0 spiro atoms. The van der Waals surface area contributed by atoms with Gasteiger partial charge in [0.05, 0.1) is 19.8 Å². The van der Waals surface area contributed by atoms with Gasteiger partial charge in [0.2, 0.25) is 0 Å². The Balaban J connectivity index is 1.65. The molecule has 1 aromatic heterocycles. The van der Waals surface area contributed by atoms with Crippen molar-refractivity contribution < 1.29 is 9.47 Å². The molecule has 0 atom stereocenters. The van der Waals surface area contributed by atoms with Crippen LogP contribution in [-0.2, 0) is 4.74 Å². The number of nitriles is 1. The lowest BCUT2D eigenvalue weighted by molar-refractivity contribution is 0.0358. The number of nitrogens with one attached hydrogen (secondary N) is 1. The van der Waals surface area contributed by atoms with E-state index in [2.05, 4.69) is 9.88 Å². The van der Waals surface area contributed by atoms with Crippen LogP contribution in [0.2, 0.25) is 0 Å². The Morgan fingerprint density at radius 1 is 1.31 bits per heavy atom. The van der Waals surface area contributed by atoms with Gasteiger partial charge in [-0.05, 0) is 37.1 Å². The highest BCUT2D eigenvalue weighted by atomic mass is 16.5. The molecule has 6 heteroatoms. The third kappa shape index (κ3) is 4.51. The van der Waals surface area contributed by atoms with Gasteiger partial charge in [0.15, 0.2) is 0 Å². The molecular weight excluding hydrogens is 330 g/mol. The van der Waals surface area contributed by atoms with Crippen LogP contribution in [0.1, 0.15) is 17.7 Å². The molecule has 2 heterocycles. The van der Waals surface area contributed by atoms with Crippen LogP contribution in [0, 0.1) is 18.3 Å². The van der Waals surface area contributed by atoms with E-state index < -0.39 is 0 Å². The average Bonchev–Trinajstić information content (AvgIpc) is 2.66. The average molecular weight is 353 g/mol. The van der Waals surface area contributed by atoms with Crippen LogP contribution >= 0.6 is 0 Å². The number of pyridine rings is 1. The zero-order valence-electron chi connectivity index (χ0n) is 15.0. The third-order valence-corrected chi connectivity index (χ3v) is 4.42. The van der Waals surface area contributed by atoms with Crippen LogP contribution in [0.5, 0.6) is 5.75 Å². The van der Waals surface area contributed by atoms with E-state index in [-0.39, 0.29) is 11.1 Å². The van der Waals surface area contributed by atoms with Gasteiger partial charge < -0.3 is 14.5 Å². The fourth-order valence-electron chi connectivity index (χ4n) is 3.08. The number of hydrogen-bond donors (Lipinski definition) is 1. The first kappa shape index (κ1) is 18.2.